The molecule has 0 saturated carbocycles. The van der Waals surface area contributed by atoms with Gasteiger partial charge in [0.1, 0.15) is 11.8 Å². The lowest BCUT2D eigenvalue weighted by molar-refractivity contribution is -0.384. The van der Waals surface area contributed by atoms with Gasteiger partial charge in [-0.15, -0.1) is 0 Å². The number of hydrogen-bond acceptors (Lipinski definition) is 7. The summed E-state index contributed by atoms with van der Waals surface area (Å²) in [7, 11) is -2.14. The molecule has 13 heteroatoms. The molecule has 0 amide bonds. The lowest BCUT2D eigenvalue weighted by Crippen LogP contribution is -2.30. The summed E-state index contributed by atoms with van der Waals surface area (Å²) in [6.45, 7) is 0. The summed E-state index contributed by atoms with van der Waals surface area (Å²) in [4.78, 5) is 17.5. The predicted octanol–water partition coefficient (Wildman–Crippen LogP) is 4.34. The van der Waals surface area contributed by atoms with Gasteiger partial charge in [-0.2, -0.15) is 0 Å². The first-order chi connectivity index (χ1) is 18.7. The van der Waals surface area contributed by atoms with Gasteiger partial charge in [0, 0.05) is 35.9 Å². The minimum Gasteiger partial charge on any atom is -0.495 e. The van der Waals surface area contributed by atoms with Crippen LogP contribution in [0.1, 0.15) is 23.5 Å². The number of non-ortho nitro benzene ring substituents is 1. The van der Waals surface area contributed by atoms with Crippen LogP contribution < -0.4 is 19.7 Å². The van der Waals surface area contributed by atoms with Crippen molar-refractivity contribution in [2.24, 2.45) is 0 Å². The molecule has 1 saturated heterocycles. The average Bonchev–Trinajstić information content (AvgIpc) is 3.52. The standard InChI is InChI=1S/C26H24N6O5S2/c1-37-23-12-11-18(16-21(23)29-39(2,35)36)31-25(24(28-26(31)38)20-9-3-4-13-27-20)22-10-6-14-30(22)17-7-5-8-19(15-17)32(33)34/h3-16,24-25,29H,1-2H3,(H,28,38)/t24-,25-/m1/s1. The van der Waals surface area contributed by atoms with Crippen LogP contribution in [0.3, 0.4) is 0 Å². The van der Waals surface area contributed by atoms with Crippen LogP contribution in [0.25, 0.3) is 5.69 Å². The molecule has 0 spiro atoms. The van der Waals surface area contributed by atoms with Gasteiger partial charge in [0.05, 0.1) is 41.4 Å². The van der Waals surface area contributed by atoms with E-state index in [2.05, 4.69) is 15.0 Å². The van der Waals surface area contributed by atoms with Crippen LogP contribution in [0.2, 0.25) is 0 Å². The van der Waals surface area contributed by atoms with Gasteiger partial charge in [0.25, 0.3) is 5.69 Å². The number of nitrogens with one attached hydrogen (secondary N) is 2. The Morgan fingerprint density at radius 1 is 1.08 bits per heavy atom. The zero-order valence-corrected chi connectivity index (χ0v) is 22.5. The Bertz CT molecular complexity index is 1660. The molecule has 2 aromatic heterocycles. The van der Waals surface area contributed by atoms with Gasteiger partial charge in [-0.3, -0.25) is 19.8 Å². The third-order valence-electron chi connectivity index (χ3n) is 6.26. The van der Waals surface area contributed by atoms with Crippen molar-refractivity contribution in [3.8, 4) is 11.4 Å². The van der Waals surface area contributed by atoms with Crippen molar-refractivity contribution < 1.29 is 18.1 Å². The number of nitro groups is 1. The highest BCUT2D eigenvalue weighted by atomic mass is 32.2. The first kappa shape index (κ1) is 26.1. The fourth-order valence-corrected chi connectivity index (χ4v) is 5.59. The van der Waals surface area contributed by atoms with E-state index in [1.165, 1.54) is 19.2 Å². The normalized spacial score (nSPS) is 17.1. The molecule has 2 atom stereocenters. The van der Waals surface area contributed by atoms with Crippen LogP contribution in [-0.4, -0.2) is 41.4 Å². The quantitative estimate of drug-likeness (QED) is 0.182. The van der Waals surface area contributed by atoms with Crippen LogP contribution in [0.15, 0.2) is 85.2 Å². The van der Waals surface area contributed by atoms with E-state index in [0.717, 1.165) is 17.6 Å². The Morgan fingerprint density at radius 2 is 1.90 bits per heavy atom. The molecular formula is C26H24N6O5S2. The number of anilines is 2. The first-order valence-electron chi connectivity index (χ1n) is 11.7. The molecular weight excluding hydrogens is 540 g/mol. The van der Waals surface area contributed by atoms with E-state index in [4.69, 9.17) is 17.0 Å². The summed E-state index contributed by atoms with van der Waals surface area (Å²) in [5, 5.41) is 15.2. The van der Waals surface area contributed by atoms with Gasteiger partial charge < -0.3 is 19.5 Å². The van der Waals surface area contributed by atoms with Crippen molar-refractivity contribution in [3.63, 3.8) is 0 Å². The van der Waals surface area contributed by atoms with Crippen LogP contribution in [0.4, 0.5) is 17.1 Å². The summed E-state index contributed by atoms with van der Waals surface area (Å²) in [5.41, 5.74) is 2.96. The van der Waals surface area contributed by atoms with Crippen LogP contribution in [0.5, 0.6) is 5.75 Å². The highest BCUT2D eigenvalue weighted by Crippen LogP contribution is 2.44. The number of methoxy groups -OCH3 is 1. The predicted molar refractivity (Wildman–Crippen MR) is 152 cm³/mol. The van der Waals surface area contributed by atoms with Crippen molar-refractivity contribution in [1.29, 1.82) is 0 Å². The molecule has 0 unspecified atom stereocenters. The third-order valence-corrected chi connectivity index (χ3v) is 7.16. The van der Waals surface area contributed by atoms with Gasteiger partial charge in [0.15, 0.2) is 5.11 Å². The molecule has 1 fully saturated rings. The monoisotopic (exact) mass is 564 g/mol. The van der Waals surface area contributed by atoms with E-state index in [1.54, 1.807) is 36.5 Å². The molecule has 200 valence electrons. The number of pyridine rings is 1. The van der Waals surface area contributed by atoms with E-state index in [9.17, 15) is 18.5 Å². The third kappa shape index (κ3) is 5.26. The van der Waals surface area contributed by atoms with Gasteiger partial charge in [0.2, 0.25) is 10.0 Å². The summed E-state index contributed by atoms with van der Waals surface area (Å²) in [6, 6.07) is 20.0. The number of nitro benzene ring substituents is 1. The second-order valence-electron chi connectivity index (χ2n) is 8.84. The Hall–Kier alpha value is -4.49. The average molecular weight is 565 g/mol. The van der Waals surface area contributed by atoms with Gasteiger partial charge >= 0.3 is 0 Å². The minimum absolute atomic E-state index is 0.0306. The Labute approximate surface area is 230 Å². The molecule has 2 N–H and O–H groups in total. The van der Waals surface area contributed by atoms with E-state index in [0.29, 0.717) is 22.2 Å². The zero-order chi connectivity index (χ0) is 27.7. The summed E-state index contributed by atoms with van der Waals surface area (Å²) in [6.07, 6.45) is 4.59. The molecule has 0 radical (unpaired) electrons. The minimum atomic E-state index is -3.59. The maximum absolute atomic E-state index is 12.1. The molecule has 1 aliphatic rings. The zero-order valence-electron chi connectivity index (χ0n) is 20.9. The number of aromatic nitrogens is 2. The van der Waals surface area contributed by atoms with Crippen LogP contribution >= 0.6 is 12.2 Å². The molecule has 39 heavy (non-hydrogen) atoms. The number of hydrogen-bond donors (Lipinski definition) is 2. The summed E-state index contributed by atoms with van der Waals surface area (Å²) < 4.78 is 33.8. The molecule has 0 aliphatic carbocycles. The number of nitrogens with zero attached hydrogens (tertiary/aromatic N) is 4. The molecule has 0 bridgehead atoms. The fraction of sp³-hybridized carbons (Fsp3) is 0.154. The summed E-state index contributed by atoms with van der Waals surface area (Å²) >= 11 is 5.80. The smallest absolute Gasteiger partial charge is 0.271 e. The number of rotatable bonds is 8. The first-order valence-corrected chi connectivity index (χ1v) is 14.0. The molecule has 4 aromatic rings. The molecule has 11 nitrogen and oxygen atoms in total. The highest BCUT2D eigenvalue weighted by molar-refractivity contribution is 7.92. The maximum Gasteiger partial charge on any atom is 0.271 e. The molecule has 2 aromatic carbocycles. The summed E-state index contributed by atoms with van der Waals surface area (Å²) in [5.74, 6) is 0.347. The second-order valence-corrected chi connectivity index (χ2v) is 11.0. The number of ether oxygens (including phenoxy) is 1. The SMILES string of the molecule is COc1ccc(N2C(=S)N[C@H](c3ccccn3)[C@H]2c2cccn2-c2cccc([N+](=O)[O-])c2)cc1NS(C)(=O)=O. The van der Waals surface area contributed by atoms with Crippen molar-refractivity contribution >= 4 is 44.4 Å². The van der Waals surface area contributed by atoms with E-state index < -0.39 is 21.0 Å². The maximum atomic E-state index is 12.1. The van der Waals surface area contributed by atoms with Gasteiger partial charge in [-0.05, 0) is 60.7 Å². The van der Waals surface area contributed by atoms with Crippen LogP contribution in [0, 0.1) is 10.1 Å². The highest BCUT2D eigenvalue weighted by Gasteiger charge is 2.42. The number of benzene rings is 2. The Morgan fingerprint density at radius 3 is 2.59 bits per heavy atom. The number of thiocarbonyl (C=S) groups is 1. The molecule has 3 heterocycles. The Balaban J connectivity index is 1.67. The van der Waals surface area contributed by atoms with E-state index in [1.807, 2.05) is 46.0 Å². The van der Waals surface area contributed by atoms with Gasteiger partial charge in [-0.25, -0.2) is 8.42 Å². The van der Waals surface area contributed by atoms with Crippen LogP contribution in [-0.2, 0) is 10.0 Å². The lowest BCUT2D eigenvalue weighted by atomic mass is 10.0. The topological polar surface area (TPSA) is 132 Å². The number of sulfonamides is 1. The van der Waals surface area contributed by atoms with E-state index in [-0.39, 0.29) is 17.4 Å². The Kier molecular flexibility index (Phi) is 6.93. The van der Waals surface area contributed by atoms with Crippen molar-refractivity contribution in [3.05, 3.63) is 107 Å². The largest absolute Gasteiger partial charge is 0.495 e. The second kappa shape index (κ2) is 10.3. The van der Waals surface area contributed by atoms with Crippen molar-refractivity contribution in [1.82, 2.24) is 14.9 Å². The molecule has 1 aliphatic heterocycles. The fourth-order valence-electron chi connectivity index (χ4n) is 4.69. The lowest BCUT2D eigenvalue weighted by Gasteiger charge is -2.29. The van der Waals surface area contributed by atoms with Gasteiger partial charge in [-0.1, -0.05) is 12.1 Å². The van der Waals surface area contributed by atoms with Crippen molar-refractivity contribution in [2.45, 2.75) is 12.1 Å². The van der Waals surface area contributed by atoms with Crippen molar-refractivity contribution in [2.75, 3.05) is 23.0 Å². The molecule has 5 rings (SSSR count). The van der Waals surface area contributed by atoms with E-state index >= 15 is 0 Å².